The molecule has 0 aliphatic carbocycles. The summed E-state index contributed by atoms with van der Waals surface area (Å²) in [6.07, 6.45) is 5.39. The molecule has 18 heavy (non-hydrogen) atoms. The summed E-state index contributed by atoms with van der Waals surface area (Å²) in [6, 6.07) is 8.57. The quantitative estimate of drug-likeness (QED) is 0.579. The lowest BCUT2D eigenvalue weighted by Crippen LogP contribution is -2.22. The van der Waals surface area contributed by atoms with Gasteiger partial charge in [0.05, 0.1) is 0 Å². The molecule has 0 spiro atoms. The minimum absolute atomic E-state index is 0.368. The topological polar surface area (TPSA) is 29.1 Å². The van der Waals surface area contributed by atoms with Crippen LogP contribution in [0.3, 0.4) is 0 Å². The Hall–Kier alpha value is -1.64. The van der Waals surface area contributed by atoms with E-state index >= 15 is 0 Å². The van der Waals surface area contributed by atoms with Crippen LogP contribution in [0.2, 0.25) is 0 Å². The second-order valence-corrected chi connectivity index (χ2v) is 4.21. The number of rotatable bonds is 7. The molecule has 3 heteroatoms. The van der Waals surface area contributed by atoms with E-state index < -0.39 is 5.83 Å². The van der Waals surface area contributed by atoms with Crippen LogP contribution in [0.25, 0.3) is 5.83 Å². The summed E-state index contributed by atoms with van der Waals surface area (Å²) in [5.74, 6) is -0.866. The Morgan fingerprint density at radius 2 is 1.94 bits per heavy atom. The molecule has 1 aromatic carbocycles. The molecule has 1 rings (SSSR count). The molecule has 0 aromatic heterocycles. The zero-order valence-electron chi connectivity index (χ0n) is 10.8. The summed E-state index contributed by atoms with van der Waals surface area (Å²) in [7, 11) is 0. The molecule has 0 heterocycles. The van der Waals surface area contributed by atoms with Crippen LogP contribution < -0.4 is 5.32 Å². The first-order chi connectivity index (χ1) is 8.74. The van der Waals surface area contributed by atoms with E-state index in [1.807, 2.05) is 6.07 Å². The number of carbonyl (C=O) groups is 1. The normalized spacial score (nSPS) is 11.3. The maximum absolute atomic E-state index is 13.6. The Bertz CT molecular complexity index is 387. The van der Waals surface area contributed by atoms with Gasteiger partial charge in [-0.15, -0.1) is 0 Å². The van der Waals surface area contributed by atoms with Gasteiger partial charge in [-0.25, -0.2) is 4.39 Å². The summed E-state index contributed by atoms with van der Waals surface area (Å²) in [4.78, 5) is 11.4. The Morgan fingerprint density at radius 1 is 1.22 bits per heavy atom. The second-order valence-electron chi connectivity index (χ2n) is 4.21. The van der Waals surface area contributed by atoms with Gasteiger partial charge in [-0.3, -0.25) is 4.79 Å². The van der Waals surface area contributed by atoms with Crippen molar-refractivity contribution in [3.05, 3.63) is 42.0 Å². The van der Waals surface area contributed by atoms with E-state index in [2.05, 4.69) is 12.2 Å². The largest absolute Gasteiger partial charge is 0.352 e. The van der Waals surface area contributed by atoms with E-state index in [4.69, 9.17) is 0 Å². The number of unbranched alkanes of at least 4 members (excludes halogenated alkanes) is 3. The predicted octanol–water partition coefficient (Wildman–Crippen LogP) is 3.69. The predicted molar refractivity (Wildman–Crippen MR) is 72.7 cm³/mol. The van der Waals surface area contributed by atoms with Crippen molar-refractivity contribution in [2.45, 2.75) is 32.6 Å². The molecule has 0 radical (unpaired) electrons. The van der Waals surface area contributed by atoms with Gasteiger partial charge in [0.2, 0.25) is 5.91 Å². The van der Waals surface area contributed by atoms with Gasteiger partial charge in [-0.1, -0.05) is 56.5 Å². The third-order valence-corrected chi connectivity index (χ3v) is 2.64. The van der Waals surface area contributed by atoms with E-state index in [1.165, 1.54) is 6.42 Å². The molecule has 0 unspecified atom stereocenters. The molecule has 0 saturated carbocycles. The Balaban J connectivity index is 2.34. The van der Waals surface area contributed by atoms with Crippen LogP contribution in [0, 0.1) is 0 Å². The van der Waals surface area contributed by atoms with Crippen LogP contribution in [0.1, 0.15) is 38.2 Å². The van der Waals surface area contributed by atoms with Gasteiger partial charge in [0.15, 0.2) is 0 Å². The number of halogens is 1. The third-order valence-electron chi connectivity index (χ3n) is 2.64. The Labute approximate surface area is 108 Å². The lowest BCUT2D eigenvalue weighted by atomic mass is 10.2. The lowest BCUT2D eigenvalue weighted by molar-refractivity contribution is -0.116. The van der Waals surface area contributed by atoms with Gasteiger partial charge in [0, 0.05) is 18.2 Å². The summed E-state index contributed by atoms with van der Waals surface area (Å²) in [6.45, 7) is 2.74. The molecular weight excluding hydrogens is 229 g/mol. The monoisotopic (exact) mass is 249 g/mol. The van der Waals surface area contributed by atoms with Gasteiger partial charge >= 0.3 is 0 Å². The van der Waals surface area contributed by atoms with E-state index in [0.29, 0.717) is 12.1 Å². The van der Waals surface area contributed by atoms with E-state index in [-0.39, 0.29) is 5.91 Å². The standard InChI is InChI=1S/C15H20FNO/c1-2-3-4-8-11-17-15(18)12-14(16)13-9-6-5-7-10-13/h5-7,9-10,12H,2-4,8,11H2,1H3,(H,17,18)/b14-12+. The molecule has 1 N–H and O–H groups in total. The zero-order valence-corrected chi connectivity index (χ0v) is 10.8. The maximum atomic E-state index is 13.6. The lowest BCUT2D eigenvalue weighted by Gasteiger charge is -2.02. The highest BCUT2D eigenvalue weighted by atomic mass is 19.1. The number of hydrogen-bond acceptors (Lipinski definition) is 1. The molecule has 0 aliphatic rings. The third kappa shape index (κ3) is 5.62. The second kappa shape index (κ2) is 8.45. The average molecular weight is 249 g/mol. The average Bonchev–Trinajstić information content (AvgIpc) is 2.39. The van der Waals surface area contributed by atoms with E-state index in [0.717, 1.165) is 25.3 Å². The van der Waals surface area contributed by atoms with Crippen LogP contribution in [0.4, 0.5) is 4.39 Å². The van der Waals surface area contributed by atoms with Crippen LogP contribution >= 0.6 is 0 Å². The summed E-state index contributed by atoms with van der Waals surface area (Å²) in [5, 5.41) is 2.69. The Kier molecular flexibility index (Phi) is 6.77. The fourth-order valence-electron chi connectivity index (χ4n) is 1.61. The number of carbonyl (C=O) groups excluding carboxylic acids is 1. The van der Waals surface area contributed by atoms with Gasteiger partial charge < -0.3 is 5.32 Å². The minimum atomic E-state index is -0.498. The van der Waals surface area contributed by atoms with Crippen LogP contribution in [-0.2, 0) is 4.79 Å². The Morgan fingerprint density at radius 3 is 2.61 bits per heavy atom. The summed E-state index contributed by atoms with van der Waals surface area (Å²) in [5.41, 5.74) is 0.429. The molecule has 98 valence electrons. The van der Waals surface area contributed by atoms with Crippen molar-refractivity contribution in [2.75, 3.05) is 6.54 Å². The molecule has 0 aliphatic heterocycles. The van der Waals surface area contributed by atoms with Gasteiger partial charge in [-0.05, 0) is 6.42 Å². The van der Waals surface area contributed by atoms with Crippen molar-refractivity contribution >= 4 is 11.7 Å². The molecule has 0 atom stereocenters. The first-order valence-corrected chi connectivity index (χ1v) is 6.44. The first kappa shape index (κ1) is 14.4. The smallest absolute Gasteiger partial charge is 0.246 e. The molecule has 2 nitrogen and oxygen atoms in total. The van der Waals surface area contributed by atoms with Gasteiger partial charge in [0.25, 0.3) is 0 Å². The molecular formula is C15H20FNO. The van der Waals surface area contributed by atoms with Gasteiger partial charge in [0.1, 0.15) is 5.83 Å². The van der Waals surface area contributed by atoms with Crippen LogP contribution in [-0.4, -0.2) is 12.5 Å². The van der Waals surface area contributed by atoms with Crippen molar-refractivity contribution < 1.29 is 9.18 Å². The minimum Gasteiger partial charge on any atom is -0.352 e. The van der Waals surface area contributed by atoms with Crippen LogP contribution in [0.15, 0.2) is 36.4 Å². The van der Waals surface area contributed by atoms with Crippen molar-refractivity contribution in [1.82, 2.24) is 5.32 Å². The number of hydrogen-bond donors (Lipinski definition) is 1. The van der Waals surface area contributed by atoms with Crippen molar-refractivity contribution in [3.63, 3.8) is 0 Å². The summed E-state index contributed by atoms with van der Waals surface area (Å²) < 4.78 is 13.6. The van der Waals surface area contributed by atoms with E-state index in [1.54, 1.807) is 24.3 Å². The van der Waals surface area contributed by atoms with Crippen molar-refractivity contribution in [1.29, 1.82) is 0 Å². The molecule has 0 saturated heterocycles. The van der Waals surface area contributed by atoms with Crippen LogP contribution in [0.5, 0.6) is 0 Å². The van der Waals surface area contributed by atoms with Crippen molar-refractivity contribution in [3.8, 4) is 0 Å². The number of amides is 1. The number of nitrogens with one attached hydrogen (secondary N) is 1. The molecule has 1 amide bonds. The summed E-state index contributed by atoms with van der Waals surface area (Å²) >= 11 is 0. The maximum Gasteiger partial charge on any atom is 0.246 e. The molecule has 0 bridgehead atoms. The highest BCUT2D eigenvalue weighted by molar-refractivity contribution is 5.93. The highest BCUT2D eigenvalue weighted by Gasteiger charge is 2.02. The fourth-order valence-corrected chi connectivity index (χ4v) is 1.61. The molecule has 0 fully saturated rings. The molecule has 1 aromatic rings. The first-order valence-electron chi connectivity index (χ1n) is 6.44. The highest BCUT2D eigenvalue weighted by Crippen LogP contribution is 2.14. The fraction of sp³-hybridized carbons (Fsp3) is 0.400. The van der Waals surface area contributed by atoms with Gasteiger partial charge in [-0.2, -0.15) is 0 Å². The SMILES string of the molecule is CCCCCCNC(=O)/C=C(/F)c1ccccc1. The number of benzene rings is 1. The zero-order chi connectivity index (χ0) is 13.2. The van der Waals surface area contributed by atoms with E-state index in [9.17, 15) is 9.18 Å². The van der Waals surface area contributed by atoms with Crippen molar-refractivity contribution in [2.24, 2.45) is 0 Å².